The molecule has 1 aromatic rings. The number of methoxy groups -OCH3 is 1. The van der Waals surface area contributed by atoms with Crippen LogP contribution in [0.5, 0.6) is 5.75 Å². The van der Waals surface area contributed by atoms with Gasteiger partial charge in [-0.15, -0.1) is 0 Å². The predicted octanol–water partition coefficient (Wildman–Crippen LogP) is 2.87. The highest BCUT2D eigenvalue weighted by atomic mass is 16.5. The van der Waals surface area contributed by atoms with Crippen LogP contribution in [-0.2, 0) is 11.2 Å². The van der Waals surface area contributed by atoms with Gasteiger partial charge in [0.05, 0.1) is 13.5 Å². The number of rotatable bonds is 3. The maximum Gasteiger partial charge on any atom is 0.226 e. The molecule has 19 heavy (non-hydrogen) atoms. The second-order valence-corrected chi connectivity index (χ2v) is 5.30. The standard InChI is InChI=1S/C16H23NO2/c1-12-13(2)15(19-3)8-7-14(12)11-16(18)17-9-5-4-6-10-17/h7-8H,4-6,9-11H2,1-3H3. The molecule has 1 amide bonds. The average molecular weight is 261 g/mol. The fourth-order valence-electron chi connectivity index (χ4n) is 2.68. The van der Waals surface area contributed by atoms with Gasteiger partial charge in [0.25, 0.3) is 0 Å². The van der Waals surface area contributed by atoms with Gasteiger partial charge in [-0.25, -0.2) is 0 Å². The summed E-state index contributed by atoms with van der Waals surface area (Å²) < 4.78 is 5.31. The highest BCUT2D eigenvalue weighted by molar-refractivity contribution is 5.79. The van der Waals surface area contributed by atoms with Crippen LogP contribution in [0.2, 0.25) is 0 Å². The quantitative estimate of drug-likeness (QED) is 0.837. The van der Waals surface area contributed by atoms with E-state index in [1.165, 1.54) is 12.0 Å². The summed E-state index contributed by atoms with van der Waals surface area (Å²) in [6.45, 7) is 5.96. The number of hydrogen-bond donors (Lipinski definition) is 0. The first kappa shape index (κ1) is 13.9. The maximum absolute atomic E-state index is 12.3. The SMILES string of the molecule is COc1ccc(CC(=O)N2CCCCC2)c(C)c1C. The van der Waals surface area contributed by atoms with Crippen LogP contribution in [0.15, 0.2) is 12.1 Å². The molecule has 0 aromatic heterocycles. The molecule has 0 unspecified atom stereocenters. The molecule has 2 rings (SSSR count). The molecule has 1 fully saturated rings. The van der Waals surface area contributed by atoms with Crippen LogP contribution in [0, 0.1) is 13.8 Å². The van der Waals surface area contributed by atoms with Crippen molar-refractivity contribution in [3.05, 3.63) is 28.8 Å². The molecule has 3 heteroatoms. The first-order valence-electron chi connectivity index (χ1n) is 7.04. The number of hydrogen-bond acceptors (Lipinski definition) is 2. The van der Waals surface area contributed by atoms with Crippen molar-refractivity contribution in [2.45, 2.75) is 39.5 Å². The van der Waals surface area contributed by atoms with Crippen LogP contribution in [0.1, 0.15) is 36.0 Å². The lowest BCUT2D eigenvalue weighted by atomic mass is 9.99. The Kier molecular flexibility index (Phi) is 4.46. The van der Waals surface area contributed by atoms with Gasteiger partial charge in [0.15, 0.2) is 0 Å². The van der Waals surface area contributed by atoms with E-state index in [1.54, 1.807) is 7.11 Å². The Hall–Kier alpha value is -1.51. The minimum absolute atomic E-state index is 0.257. The predicted molar refractivity (Wildman–Crippen MR) is 76.6 cm³/mol. The Morgan fingerprint density at radius 1 is 1.16 bits per heavy atom. The fourth-order valence-corrected chi connectivity index (χ4v) is 2.68. The van der Waals surface area contributed by atoms with E-state index in [-0.39, 0.29) is 5.91 Å². The van der Waals surface area contributed by atoms with Crippen LogP contribution >= 0.6 is 0 Å². The van der Waals surface area contributed by atoms with Crippen molar-refractivity contribution in [1.29, 1.82) is 0 Å². The third-order valence-electron chi connectivity index (χ3n) is 4.12. The lowest BCUT2D eigenvalue weighted by molar-refractivity contribution is -0.131. The first-order chi connectivity index (χ1) is 9.13. The molecule has 0 atom stereocenters. The Balaban J connectivity index is 2.10. The van der Waals surface area contributed by atoms with Crippen molar-refractivity contribution < 1.29 is 9.53 Å². The van der Waals surface area contributed by atoms with Crippen LogP contribution < -0.4 is 4.74 Å². The molecule has 1 aromatic carbocycles. The molecule has 0 saturated carbocycles. The number of carbonyl (C=O) groups excluding carboxylic acids is 1. The van der Waals surface area contributed by atoms with E-state index in [1.807, 2.05) is 24.0 Å². The van der Waals surface area contributed by atoms with Crippen molar-refractivity contribution in [2.24, 2.45) is 0 Å². The molecule has 1 aliphatic heterocycles. The number of benzene rings is 1. The Morgan fingerprint density at radius 2 is 1.84 bits per heavy atom. The highest BCUT2D eigenvalue weighted by Crippen LogP contribution is 2.24. The monoisotopic (exact) mass is 261 g/mol. The summed E-state index contributed by atoms with van der Waals surface area (Å²) in [7, 11) is 1.68. The van der Waals surface area contributed by atoms with E-state index in [4.69, 9.17) is 4.74 Å². The molecular formula is C16H23NO2. The molecule has 3 nitrogen and oxygen atoms in total. The summed E-state index contributed by atoms with van der Waals surface area (Å²) in [5.74, 6) is 1.15. The van der Waals surface area contributed by atoms with E-state index in [0.29, 0.717) is 6.42 Å². The van der Waals surface area contributed by atoms with E-state index in [0.717, 1.165) is 42.8 Å². The number of nitrogens with zero attached hydrogens (tertiary/aromatic N) is 1. The van der Waals surface area contributed by atoms with Crippen LogP contribution in [0.4, 0.5) is 0 Å². The lowest BCUT2D eigenvalue weighted by Crippen LogP contribution is -2.36. The van der Waals surface area contributed by atoms with Crippen molar-refractivity contribution in [3.8, 4) is 5.75 Å². The van der Waals surface area contributed by atoms with Crippen molar-refractivity contribution in [3.63, 3.8) is 0 Å². The zero-order valence-electron chi connectivity index (χ0n) is 12.2. The van der Waals surface area contributed by atoms with Gasteiger partial charge in [-0.2, -0.15) is 0 Å². The smallest absolute Gasteiger partial charge is 0.226 e. The van der Waals surface area contributed by atoms with Crippen LogP contribution in [0.25, 0.3) is 0 Å². The third kappa shape index (κ3) is 3.09. The molecule has 0 radical (unpaired) electrons. The number of likely N-dealkylation sites (tertiary alicyclic amines) is 1. The summed E-state index contributed by atoms with van der Waals surface area (Å²) in [5, 5.41) is 0. The molecular weight excluding hydrogens is 238 g/mol. The fraction of sp³-hybridized carbons (Fsp3) is 0.562. The average Bonchev–Trinajstić information content (AvgIpc) is 2.45. The van der Waals surface area contributed by atoms with E-state index >= 15 is 0 Å². The summed E-state index contributed by atoms with van der Waals surface area (Å²) in [6, 6.07) is 3.98. The molecule has 0 N–H and O–H groups in total. The van der Waals surface area contributed by atoms with Gasteiger partial charge in [0.1, 0.15) is 5.75 Å². The summed E-state index contributed by atoms with van der Waals surface area (Å²) in [6.07, 6.45) is 4.06. The molecule has 1 aliphatic rings. The van der Waals surface area contributed by atoms with Gasteiger partial charge in [-0.1, -0.05) is 6.07 Å². The number of amides is 1. The molecule has 1 heterocycles. The number of carbonyl (C=O) groups is 1. The van der Waals surface area contributed by atoms with Gasteiger partial charge >= 0.3 is 0 Å². The van der Waals surface area contributed by atoms with Crippen molar-refractivity contribution in [1.82, 2.24) is 4.90 Å². The van der Waals surface area contributed by atoms with Gasteiger partial charge < -0.3 is 9.64 Å². The van der Waals surface area contributed by atoms with E-state index < -0.39 is 0 Å². The minimum atomic E-state index is 0.257. The van der Waals surface area contributed by atoms with Crippen LogP contribution in [0.3, 0.4) is 0 Å². The maximum atomic E-state index is 12.3. The largest absolute Gasteiger partial charge is 0.496 e. The molecule has 0 spiro atoms. The Bertz CT molecular complexity index is 462. The number of piperidine rings is 1. The molecule has 0 bridgehead atoms. The minimum Gasteiger partial charge on any atom is -0.496 e. The summed E-state index contributed by atoms with van der Waals surface area (Å²) in [4.78, 5) is 14.3. The van der Waals surface area contributed by atoms with Crippen LogP contribution in [-0.4, -0.2) is 31.0 Å². The van der Waals surface area contributed by atoms with Gasteiger partial charge in [0.2, 0.25) is 5.91 Å². The number of ether oxygens (including phenoxy) is 1. The van der Waals surface area contributed by atoms with Gasteiger partial charge in [-0.3, -0.25) is 4.79 Å². The third-order valence-corrected chi connectivity index (χ3v) is 4.12. The van der Waals surface area contributed by atoms with Crippen molar-refractivity contribution >= 4 is 5.91 Å². The summed E-state index contributed by atoms with van der Waals surface area (Å²) >= 11 is 0. The Morgan fingerprint density at radius 3 is 2.47 bits per heavy atom. The van der Waals surface area contributed by atoms with Crippen molar-refractivity contribution in [2.75, 3.05) is 20.2 Å². The molecule has 1 saturated heterocycles. The zero-order chi connectivity index (χ0) is 13.8. The zero-order valence-corrected chi connectivity index (χ0v) is 12.2. The lowest BCUT2D eigenvalue weighted by Gasteiger charge is -2.27. The molecule has 104 valence electrons. The highest BCUT2D eigenvalue weighted by Gasteiger charge is 2.18. The molecule has 0 aliphatic carbocycles. The first-order valence-corrected chi connectivity index (χ1v) is 7.04. The van der Waals surface area contributed by atoms with E-state index in [2.05, 4.69) is 6.92 Å². The van der Waals surface area contributed by atoms with Gasteiger partial charge in [0, 0.05) is 13.1 Å². The van der Waals surface area contributed by atoms with Gasteiger partial charge in [-0.05, 0) is 55.9 Å². The topological polar surface area (TPSA) is 29.5 Å². The summed E-state index contributed by atoms with van der Waals surface area (Å²) in [5.41, 5.74) is 3.42. The second-order valence-electron chi connectivity index (χ2n) is 5.30. The van der Waals surface area contributed by atoms with E-state index in [9.17, 15) is 4.79 Å². The normalized spacial score (nSPS) is 15.4. The second kappa shape index (κ2) is 6.09. The Labute approximate surface area is 115 Å².